The molecule has 0 bridgehead atoms. The summed E-state index contributed by atoms with van der Waals surface area (Å²) in [4.78, 5) is 4.95. The predicted octanol–water partition coefficient (Wildman–Crippen LogP) is 5.32. The van der Waals surface area contributed by atoms with Gasteiger partial charge in [0.1, 0.15) is 0 Å². The first-order valence-electron chi connectivity index (χ1n) is 6.62. The van der Waals surface area contributed by atoms with E-state index in [0.717, 1.165) is 26.1 Å². The summed E-state index contributed by atoms with van der Waals surface area (Å²) in [6, 6.07) is 5.77. The molecule has 3 rings (SSSR count). The lowest BCUT2D eigenvalue weighted by molar-refractivity contribution is 0.335. The molecule has 0 amide bonds. The second-order valence-electron chi connectivity index (χ2n) is 5.24. The largest absolute Gasteiger partial charge is 0.334 e. The van der Waals surface area contributed by atoms with E-state index in [0.29, 0.717) is 0 Å². The van der Waals surface area contributed by atoms with Crippen molar-refractivity contribution in [3.63, 3.8) is 0 Å². The van der Waals surface area contributed by atoms with Crippen LogP contribution in [0, 0.1) is 0 Å². The minimum Gasteiger partial charge on any atom is -0.334 e. The van der Waals surface area contributed by atoms with Crippen LogP contribution in [0.5, 0.6) is 0 Å². The molecule has 1 aliphatic carbocycles. The Balaban J connectivity index is 1.77. The fourth-order valence-corrected chi connectivity index (χ4v) is 4.44. The lowest BCUT2D eigenvalue weighted by atomic mass is 9.84. The highest BCUT2D eigenvalue weighted by molar-refractivity contribution is 9.10. The third-order valence-electron chi connectivity index (χ3n) is 3.77. The number of anilines is 1. The first kappa shape index (κ1) is 13.8. The Hall–Kier alpha value is -0.190. The van der Waals surface area contributed by atoms with Gasteiger partial charge in [-0.15, -0.1) is 0 Å². The normalized spacial score (nSPS) is 21.5. The molecule has 102 valence electrons. The molecule has 0 aromatic heterocycles. The molecule has 0 atom stereocenters. The summed E-state index contributed by atoms with van der Waals surface area (Å²) < 4.78 is 1.02. The number of hydrogen-bond acceptors (Lipinski definition) is 3. The molecule has 0 saturated heterocycles. The lowest BCUT2D eigenvalue weighted by Crippen LogP contribution is -2.29. The van der Waals surface area contributed by atoms with Crippen molar-refractivity contribution < 1.29 is 0 Å². The number of aliphatic imine (C=N–C) groups is 1. The second-order valence-corrected chi connectivity index (χ2v) is 7.49. The minimum atomic E-state index is 0.205. The number of amidine groups is 1. The summed E-state index contributed by atoms with van der Waals surface area (Å²) in [5, 5.41) is 5.17. The molecule has 1 N–H and O–H groups in total. The summed E-state index contributed by atoms with van der Waals surface area (Å²) in [5.41, 5.74) is 1.20. The Kier molecular flexibility index (Phi) is 4.11. The zero-order valence-corrected chi connectivity index (χ0v) is 13.7. The Morgan fingerprint density at radius 1 is 1.26 bits per heavy atom. The van der Waals surface area contributed by atoms with Crippen LogP contribution in [-0.4, -0.2) is 16.5 Å². The molecule has 1 heterocycles. The van der Waals surface area contributed by atoms with Crippen molar-refractivity contribution in [2.24, 2.45) is 4.99 Å². The van der Waals surface area contributed by atoms with Crippen LogP contribution in [0.2, 0.25) is 5.02 Å². The van der Waals surface area contributed by atoms with E-state index < -0.39 is 0 Å². The Morgan fingerprint density at radius 3 is 2.84 bits per heavy atom. The molecular formula is C14H16BrClN2S. The number of nitrogens with zero attached hydrogens (tertiary/aromatic N) is 1. The van der Waals surface area contributed by atoms with Gasteiger partial charge in [-0.25, -0.2) is 0 Å². The Bertz CT molecular complexity index is 512. The smallest absolute Gasteiger partial charge is 0.161 e. The summed E-state index contributed by atoms with van der Waals surface area (Å²) in [7, 11) is 0. The molecule has 19 heavy (non-hydrogen) atoms. The van der Waals surface area contributed by atoms with E-state index in [2.05, 4.69) is 21.2 Å². The number of nitrogens with one attached hydrogen (secondary N) is 1. The van der Waals surface area contributed by atoms with Crippen molar-refractivity contribution in [3.05, 3.63) is 27.7 Å². The van der Waals surface area contributed by atoms with Gasteiger partial charge in [0.15, 0.2) is 5.17 Å². The van der Waals surface area contributed by atoms with Gasteiger partial charge in [0.25, 0.3) is 0 Å². The van der Waals surface area contributed by atoms with Gasteiger partial charge in [-0.1, -0.05) is 42.6 Å². The van der Waals surface area contributed by atoms with E-state index >= 15 is 0 Å². The fourth-order valence-electron chi connectivity index (χ4n) is 2.72. The summed E-state index contributed by atoms with van der Waals surface area (Å²) >= 11 is 11.4. The van der Waals surface area contributed by atoms with Gasteiger partial charge in [-0.2, -0.15) is 0 Å². The standard InChI is InChI=1S/C14H16BrClN2S/c15-11-5-4-10(16)8-12(11)17-13-18-14(9-19-13)6-2-1-3-7-14/h4-5,8H,1-3,6-7,9H2,(H,17,18). The topological polar surface area (TPSA) is 24.4 Å². The van der Waals surface area contributed by atoms with Crippen molar-refractivity contribution in [3.8, 4) is 0 Å². The predicted molar refractivity (Wildman–Crippen MR) is 88.5 cm³/mol. The van der Waals surface area contributed by atoms with Crippen LogP contribution in [0.15, 0.2) is 27.7 Å². The van der Waals surface area contributed by atoms with Crippen molar-refractivity contribution >= 4 is 50.1 Å². The van der Waals surface area contributed by atoms with E-state index in [1.165, 1.54) is 32.1 Å². The van der Waals surface area contributed by atoms with Crippen LogP contribution in [-0.2, 0) is 0 Å². The van der Waals surface area contributed by atoms with Gasteiger partial charge in [0, 0.05) is 15.2 Å². The third-order valence-corrected chi connectivity index (χ3v) is 5.85. The maximum absolute atomic E-state index is 6.04. The molecule has 1 spiro atoms. The molecule has 0 radical (unpaired) electrons. The van der Waals surface area contributed by atoms with Crippen LogP contribution in [0.25, 0.3) is 0 Å². The first-order valence-corrected chi connectivity index (χ1v) is 8.77. The zero-order valence-electron chi connectivity index (χ0n) is 10.6. The highest BCUT2D eigenvalue weighted by Gasteiger charge is 2.36. The van der Waals surface area contributed by atoms with E-state index in [1.54, 1.807) is 0 Å². The average Bonchev–Trinajstić information content (AvgIpc) is 2.78. The van der Waals surface area contributed by atoms with Crippen LogP contribution in [0.3, 0.4) is 0 Å². The lowest BCUT2D eigenvalue weighted by Gasteiger charge is -2.29. The van der Waals surface area contributed by atoms with Crippen LogP contribution in [0.1, 0.15) is 32.1 Å². The number of hydrogen-bond donors (Lipinski definition) is 1. The maximum Gasteiger partial charge on any atom is 0.161 e. The molecule has 2 nitrogen and oxygen atoms in total. The zero-order chi connectivity index (χ0) is 13.3. The molecule has 1 aromatic carbocycles. The van der Waals surface area contributed by atoms with Crippen molar-refractivity contribution in [1.29, 1.82) is 0 Å². The maximum atomic E-state index is 6.04. The monoisotopic (exact) mass is 358 g/mol. The molecule has 1 aliphatic heterocycles. The summed E-state index contributed by atoms with van der Waals surface area (Å²) in [6.45, 7) is 0. The van der Waals surface area contributed by atoms with Gasteiger partial charge in [0.2, 0.25) is 0 Å². The number of rotatable bonds is 1. The molecule has 1 fully saturated rings. The van der Waals surface area contributed by atoms with Crippen molar-refractivity contribution in [2.45, 2.75) is 37.6 Å². The highest BCUT2D eigenvalue weighted by atomic mass is 79.9. The molecule has 0 unspecified atom stereocenters. The van der Waals surface area contributed by atoms with Crippen molar-refractivity contribution in [1.82, 2.24) is 0 Å². The van der Waals surface area contributed by atoms with Crippen LogP contribution < -0.4 is 5.32 Å². The van der Waals surface area contributed by atoms with Gasteiger partial charge in [-0.05, 0) is 47.0 Å². The van der Waals surface area contributed by atoms with Gasteiger partial charge in [0.05, 0.1) is 11.2 Å². The quantitative estimate of drug-likeness (QED) is 0.734. The number of thioether (sulfide) groups is 1. The van der Waals surface area contributed by atoms with Gasteiger partial charge in [-0.3, -0.25) is 4.99 Å². The molecule has 1 aromatic rings. The average molecular weight is 360 g/mol. The van der Waals surface area contributed by atoms with E-state index in [1.807, 2.05) is 30.0 Å². The summed E-state index contributed by atoms with van der Waals surface area (Å²) in [5.74, 6) is 1.12. The molecule has 2 aliphatic rings. The van der Waals surface area contributed by atoms with E-state index in [4.69, 9.17) is 16.6 Å². The minimum absolute atomic E-state index is 0.205. The van der Waals surface area contributed by atoms with Gasteiger partial charge >= 0.3 is 0 Å². The SMILES string of the molecule is Clc1ccc(Br)c(NC2=NC3(CCCCC3)CS2)c1. The molecule has 1 saturated carbocycles. The van der Waals surface area contributed by atoms with Crippen molar-refractivity contribution in [2.75, 3.05) is 11.1 Å². The third kappa shape index (κ3) is 3.11. The van der Waals surface area contributed by atoms with E-state index in [-0.39, 0.29) is 5.54 Å². The Labute approximate surface area is 131 Å². The number of halogens is 2. The van der Waals surface area contributed by atoms with Gasteiger partial charge < -0.3 is 5.32 Å². The Morgan fingerprint density at radius 2 is 2.05 bits per heavy atom. The van der Waals surface area contributed by atoms with E-state index in [9.17, 15) is 0 Å². The highest BCUT2D eigenvalue weighted by Crippen LogP contribution is 2.40. The fraction of sp³-hybridized carbons (Fsp3) is 0.500. The first-order chi connectivity index (χ1) is 9.17. The number of benzene rings is 1. The van der Waals surface area contributed by atoms with Crippen LogP contribution >= 0.6 is 39.3 Å². The molecule has 5 heteroatoms. The molecular weight excluding hydrogens is 344 g/mol. The second kappa shape index (κ2) is 5.66. The van der Waals surface area contributed by atoms with Crippen LogP contribution in [0.4, 0.5) is 5.69 Å². The summed E-state index contributed by atoms with van der Waals surface area (Å²) in [6.07, 6.45) is 6.48.